The van der Waals surface area contributed by atoms with Crippen molar-refractivity contribution in [1.82, 2.24) is 4.98 Å². The third-order valence-electron chi connectivity index (χ3n) is 4.91. The van der Waals surface area contributed by atoms with E-state index in [1.54, 1.807) is 0 Å². The number of alkyl halides is 4. The lowest BCUT2D eigenvalue weighted by molar-refractivity contribution is -0.253. The summed E-state index contributed by atoms with van der Waals surface area (Å²) in [4.78, 5) is 15.5. The summed E-state index contributed by atoms with van der Waals surface area (Å²) in [6.07, 6.45) is -8.01. The molecule has 0 aliphatic carbocycles. The average Bonchev–Trinajstić information content (AvgIpc) is 2.74. The van der Waals surface area contributed by atoms with Crippen molar-refractivity contribution >= 4 is 15.8 Å². The summed E-state index contributed by atoms with van der Waals surface area (Å²) in [5, 5.41) is 9.59. The van der Waals surface area contributed by atoms with E-state index >= 15 is 0 Å². The third-order valence-corrected chi connectivity index (χ3v) is 7.38. The number of hydrogen-bond acceptors (Lipinski definition) is 6. The number of rotatable bonds is 7. The van der Waals surface area contributed by atoms with Gasteiger partial charge in [0.1, 0.15) is 5.75 Å². The molecule has 0 radical (unpaired) electrons. The van der Waals surface area contributed by atoms with Crippen LogP contribution in [0.1, 0.15) is 12.8 Å². The number of aliphatic carboxylic acids is 1. The minimum Gasteiger partial charge on any atom is -0.480 e. The number of aromatic nitrogens is 1. The van der Waals surface area contributed by atoms with E-state index in [9.17, 15) is 35.9 Å². The minimum atomic E-state index is -4.64. The van der Waals surface area contributed by atoms with Crippen LogP contribution in [0.3, 0.4) is 0 Å². The van der Waals surface area contributed by atoms with E-state index < -0.39 is 38.8 Å². The van der Waals surface area contributed by atoms with E-state index in [0.717, 1.165) is 18.3 Å². The smallest absolute Gasteiger partial charge is 0.461 e. The van der Waals surface area contributed by atoms with Crippen molar-refractivity contribution in [1.29, 1.82) is 0 Å². The lowest BCUT2D eigenvalue weighted by atomic mass is 9.99. The van der Waals surface area contributed by atoms with E-state index in [-0.39, 0.29) is 36.6 Å². The second kappa shape index (κ2) is 8.42. The molecule has 0 spiro atoms. The van der Waals surface area contributed by atoms with Crippen LogP contribution in [0.5, 0.6) is 5.75 Å². The highest BCUT2D eigenvalue weighted by molar-refractivity contribution is 7.93. The molecule has 1 aliphatic heterocycles. The first-order valence-electron chi connectivity index (χ1n) is 8.97. The molecule has 1 saturated heterocycles. The Morgan fingerprint density at radius 2 is 1.74 bits per heavy atom. The van der Waals surface area contributed by atoms with Gasteiger partial charge in [-0.1, -0.05) is 0 Å². The molecule has 1 aromatic heterocycles. The van der Waals surface area contributed by atoms with Crippen molar-refractivity contribution in [2.75, 3.05) is 13.2 Å². The maximum atomic E-state index is 13.0. The summed E-state index contributed by atoms with van der Waals surface area (Å²) < 4.78 is 83.4. The Bertz CT molecular complexity index is 1040. The highest BCUT2D eigenvalue weighted by Crippen LogP contribution is 2.36. The summed E-state index contributed by atoms with van der Waals surface area (Å²) in [5.74, 6) is -1.95. The Morgan fingerprint density at radius 1 is 1.13 bits per heavy atom. The van der Waals surface area contributed by atoms with Crippen LogP contribution < -0.4 is 4.74 Å². The lowest BCUT2D eigenvalue weighted by Gasteiger charge is -2.32. The molecule has 1 fully saturated rings. The molecule has 0 bridgehead atoms. The Morgan fingerprint density at radius 3 is 2.23 bits per heavy atom. The third kappa shape index (κ3) is 4.35. The fraction of sp³-hybridized carbons (Fsp3) is 0.368. The maximum Gasteiger partial charge on any atom is 0.461 e. The molecule has 12 heteroatoms. The van der Waals surface area contributed by atoms with E-state index in [2.05, 4.69) is 9.72 Å². The zero-order chi connectivity index (χ0) is 22.9. The highest BCUT2D eigenvalue weighted by atomic mass is 32.2. The van der Waals surface area contributed by atoms with Gasteiger partial charge in [-0.2, -0.15) is 17.6 Å². The molecule has 0 unspecified atom stereocenters. The summed E-state index contributed by atoms with van der Waals surface area (Å²) in [7, 11) is -4.27. The molecule has 0 amide bonds. The van der Waals surface area contributed by atoms with Crippen LogP contribution in [0.15, 0.2) is 47.5 Å². The van der Waals surface area contributed by atoms with Crippen LogP contribution >= 0.6 is 0 Å². The van der Waals surface area contributed by atoms with E-state index in [4.69, 9.17) is 4.74 Å². The number of halogens is 4. The SMILES string of the molecule is O=C(O)C1(S(=O)(=O)c2ccc(-c3ccc(OC(F)(F)C(F)F)cc3)nc2)CCOCC1. The number of pyridine rings is 1. The van der Waals surface area contributed by atoms with Crippen LogP contribution in [0.25, 0.3) is 11.3 Å². The zero-order valence-corrected chi connectivity index (χ0v) is 16.6. The quantitative estimate of drug-likeness (QED) is 0.628. The van der Waals surface area contributed by atoms with Crippen molar-refractivity contribution in [3.8, 4) is 17.0 Å². The topological polar surface area (TPSA) is 103 Å². The van der Waals surface area contributed by atoms with Crippen molar-refractivity contribution in [2.24, 2.45) is 0 Å². The molecule has 0 atom stereocenters. The van der Waals surface area contributed by atoms with Gasteiger partial charge in [-0.05, 0) is 36.4 Å². The molecule has 0 saturated carbocycles. The summed E-state index contributed by atoms with van der Waals surface area (Å²) >= 11 is 0. The first-order valence-corrected chi connectivity index (χ1v) is 10.5. The Kier molecular flexibility index (Phi) is 6.23. The number of carboxylic acid groups (broad SMARTS) is 1. The average molecular weight is 463 g/mol. The molecule has 7 nitrogen and oxygen atoms in total. The van der Waals surface area contributed by atoms with E-state index in [1.807, 2.05) is 0 Å². The minimum absolute atomic E-state index is 0.00390. The number of benzene rings is 1. The van der Waals surface area contributed by atoms with Gasteiger partial charge in [-0.25, -0.2) is 8.42 Å². The molecule has 1 N–H and O–H groups in total. The summed E-state index contributed by atoms with van der Waals surface area (Å²) in [5.41, 5.74) is 0.623. The molecule has 168 valence electrons. The van der Waals surface area contributed by atoms with Gasteiger partial charge in [0.2, 0.25) is 0 Å². The van der Waals surface area contributed by atoms with Gasteiger partial charge in [-0.3, -0.25) is 9.78 Å². The van der Waals surface area contributed by atoms with E-state index in [1.165, 1.54) is 24.3 Å². The molecular weight excluding hydrogens is 446 g/mol. The van der Waals surface area contributed by atoms with Crippen molar-refractivity contribution < 1.29 is 45.4 Å². The Labute approximate surface area is 174 Å². The van der Waals surface area contributed by atoms with Crippen molar-refractivity contribution in [2.45, 2.75) is 35.0 Å². The van der Waals surface area contributed by atoms with Gasteiger partial charge in [0.25, 0.3) is 0 Å². The second-order valence-electron chi connectivity index (χ2n) is 6.78. The number of hydrogen-bond donors (Lipinski definition) is 1. The van der Waals surface area contributed by atoms with Gasteiger partial charge in [0.15, 0.2) is 14.6 Å². The largest absolute Gasteiger partial charge is 0.480 e. The highest BCUT2D eigenvalue weighted by Gasteiger charge is 2.52. The van der Waals surface area contributed by atoms with Gasteiger partial charge in [0, 0.05) is 37.8 Å². The van der Waals surface area contributed by atoms with Crippen LogP contribution in [-0.2, 0) is 19.4 Å². The van der Waals surface area contributed by atoms with Gasteiger partial charge in [-0.15, -0.1) is 0 Å². The molecule has 31 heavy (non-hydrogen) atoms. The van der Waals surface area contributed by atoms with Gasteiger partial charge >= 0.3 is 18.5 Å². The lowest BCUT2D eigenvalue weighted by Crippen LogP contribution is -2.50. The first-order chi connectivity index (χ1) is 14.5. The predicted molar refractivity (Wildman–Crippen MR) is 98.9 cm³/mol. The second-order valence-corrected chi connectivity index (χ2v) is 9.04. The monoisotopic (exact) mass is 463 g/mol. The maximum absolute atomic E-state index is 13.0. The normalized spacial score (nSPS) is 16.8. The number of carboxylic acids is 1. The van der Waals surface area contributed by atoms with Crippen LogP contribution in [0, 0.1) is 0 Å². The fourth-order valence-corrected chi connectivity index (χ4v) is 4.95. The van der Waals surface area contributed by atoms with Crippen LogP contribution in [-0.4, -0.2) is 55.0 Å². The molecule has 3 rings (SSSR count). The Hall–Kier alpha value is -2.73. The number of ether oxygens (including phenoxy) is 2. The Balaban J connectivity index is 1.84. The molecular formula is C19H17F4NO6S. The molecule has 2 aromatic rings. The van der Waals surface area contributed by atoms with Gasteiger partial charge in [0.05, 0.1) is 10.6 Å². The van der Waals surface area contributed by atoms with Crippen molar-refractivity contribution in [3.05, 3.63) is 42.6 Å². The van der Waals surface area contributed by atoms with Crippen molar-refractivity contribution in [3.63, 3.8) is 0 Å². The number of nitrogens with zero attached hydrogens (tertiary/aromatic N) is 1. The van der Waals surface area contributed by atoms with Crippen LogP contribution in [0.4, 0.5) is 17.6 Å². The summed E-state index contributed by atoms with van der Waals surface area (Å²) in [6, 6.07) is 7.17. The predicted octanol–water partition coefficient (Wildman–Crippen LogP) is 3.39. The van der Waals surface area contributed by atoms with E-state index in [0.29, 0.717) is 5.56 Å². The first kappa shape index (κ1) is 22.9. The zero-order valence-electron chi connectivity index (χ0n) is 15.8. The van der Waals surface area contributed by atoms with Gasteiger partial charge < -0.3 is 14.6 Å². The standard InChI is InChI=1S/C19H17F4NO6S/c20-16(21)19(22,23)30-13-3-1-12(2-4-13)15-6-5-14(11-24-15)31(27,28)18(17(25)26)7-9-29-10-8-18/h1-6,11,16H,7-10H2,(H,25,26). The molecule has 1 aliphatic rings. The molecule has 2 heterocycles. The van der Waals surface area contributed by atoms with Crippen LogP contribution in [0.2, 0.25) is 0 Å². The number of sulfone groups is 1. The summed E-state index contributed by atoms with van der Waals surface area (Å²) in [6.45, 7) is -0.00780. The number of carbonyl (C=O) groups is 1. The fourth-order valence-electron chi connectivity index (χ4n) is 3.13. The molecule has 1 aromatic carbocycles.